The minimum atomic E-state index is -3.67. The summed E-state index contributed by atoms with van der Waals surface area (Å²) in [7, 11) is -3.67. The molecule has 1 N–H and O–H groups in total. The highest BCUT2D eigenvalue weighted by Gasteiger charge is 2.29. The van der Waals surface area contributed by atoms with Crippen molar-refractivity contribution in [2.24, 2.45) is 5.92 Å². The summed E-state index contributed by atoms with van der Waals surface area (Å²) in [5, 5.41) is 19.9. The highest BCUT2D eigenvalue weighted by Crippen LogP contribution is 2.32. The molecule has 0 aliphatic carbocycles. The third kappa shape index (κ3) is 3.35. The first-order valence-electron chi connectivity index (χ1n) is 6.66. The van der Waals surface area contributed by atoms with Crippen LogP contribution in [0, 0.1) is 16.0 Å². The maximum atomic E-state index is 11.9. The molecule has 0 saturated carbocycles. The molecule has 1 fully saturated rings. The Morgan fingerprint density at radius 3 is 2.68 bits per heavy atom. The fraction of sp³-hybridized carbons (Fsp3) is 0.462. The van der Waals surface area contributed by atoms with Crippen LogP contribution in [0.15, 0.2) is 23.1 Å². The summed E-state index contributed by atoms with van der Waals surface area (Å²) in [6.45, 7) is 0.708. The van der Waals surface area contributed by atoms with Crippen molar-refractivity contribution >= 4 is 27.2 Å². The van der Waals surface area contributed by atoms with E-state index in [-0.39, 0.29) is 17.1 Å². The maximum Gasteiger partial charge on any atom is 0.308 e. The number of nitro groups is 1. The summed E-state index contributed by atoms with van der Waals surface area (Å²) in [6.07, 6.45) is 2.14. The van der Waals surface area contributed by atoms with Gasteiger partial charge in [0.25, 0.3) is 5.69 Å². The molecule has 0 amide bonds. The van der Waals surface area contributed by atoms with E-state index in [1.54, 1.807) is 4.90 Å². The molecule has 0 unspecified atom stereocenters. The van der Waals surface area contributed by atoms with Crippen molar-refractivity contribution in [3.05, 3.63) is 28.3 Å². The Morgan fingerprint density at radius 1 is 1.45 bits per heavy atom. The lowest BCUT2D eigenvalue weighted by Crippen LogP contribution is -2.39. The van der Waals surface area contributed by atoms with Crippen molar-refractivity contribution in [1.29, 1.82) is 0 Å². The van der Waals surface area contributed by atoms with Crippen LogP contribution in [0.4, 0.5) is 11.4 Å². The number of sulfone groups is 1. The molecule has 9 heteroatoms. The van der Waals surface area contributed by atoms with Gasteiger partial charge in [-0.3, -0.25) is 14.9 Å². The number of aliphatic carboxylic acids is 1. The van der Waals surface area contributed by atoms with E-state index < -0.39 is 26.6 Å². The van der Waals surface area contributed by atoms with Crippen molar-refractivity contribution in [3.63, 3.8) is 0 Å². The molecule has 120 valence electrons. The van der Waals surface area contributed by atoms with Gasteiger partial charge < -0.3 is 10.0 Å². The summed E-state index contributed by atoms with van der Waals surface area (Å²) in [5.74, 6) is -1.50. The van der Waals surface area contributed by atoms with Crippen LogP contribution < -0.4 is 4.90 Å². The van der Waals surface area contributed by atoms with E-state index in [0.29, 0.717) is 25.1 Å². The highest BCUT2D eigenvalue weighted by atomic mass is 32.2. The largest absolute Gasteiger partial charge is 0.481 e. The highest BCUT2D eigenvalue weighted by molar-refractivity contribution is 7.90. The lowest BCUT2D eigenvalue weighted by Gasteiger charge is -2.33. The van der Waals surface area contributed by atoms with E-state index >= 15 is 0 Å². The second-order valence-electron chi connectivity index (χ2n) is 5.30. The molecule has 0 radical (unpaired) electrons. The van der Waals surface area contributed by atoms with Gasteiger partial charge in [-0.2, -0.15) is 0 Å². The standard InChI is InChI=1S/C13H16N2O6S/c1-22(20,21)12-7-10(15(18)19)4-5-11(12)14-6-2-3-9(8-14)13(16)17/h4-5,7,9H,2-3,6,8H2,1H3,(H,16,17)/t9-/m0/s1. The molecule has 2 rings (SSSR count). The van der Waals surface area contributed by atoms with Gasteiger partial charge in [0, 0.05) is 31.5 Å². The fourth-order valence-electron chi connectivity index (χ4n) is 2.57. The van der Waals surface area contributed by atoms with Crippen LogP contribution in [-0.4, -0.2) is 43.8 Å². The second kappa shape index (κ2) is 5.91. The van der Waals surface area contributed by atoms with Gasteiger partial charge >= 0.3 is 5.97 Å². The van der Waals surface area contributed by atoms with Crippen LogP contribution in [0.2, 0.25) is 0 Å². The summed E-state index contributed by atoms with van der Waals surface area (Å²) >= 11 is 0. The van der Waals surface area contributed by atoms with E-state index in [4.69, 9.17) is 5.11 Å². The number of nitrogens with zero attached hydrogens (tertiary/aromatic N) is 2. The normalized spacial score (nSPS) is 19.0. The Kier molecular flexibility index (Phi) is 4.36. The van der Waals surface area contributed by atoms with Crippen LogP contribution >= 0.6 is 0 Å². The van der Waals surface area contributed by atoms with Crippen LogP contribution in [-0.2, 0) is 14.6 Å². The number of anilines is 1. The number of carboxylic acid groups (broad SMARTS) is 1. The van der Waals surface area contributed by atoms with Crippen LogP contribution in [0.5, 0.6) is 0 Å². The first kappa shape index (κ1) is 16.2. The average molecular weight is 328 g/mol. The average Bonchev–Trinajstić information content (AvgIpc) is 2.45. The Bertz CT molecular complexity index is 715. The Morgan fingerprint density at radius 2 is 2.14 bits per heavy atom. The van der Waals surface area contributed by atoms with Gasteiger partial charge in [0.15, 0.2) is 9.84 Å². The van der Waals surface area contributed by atoms with Gasteiger partial charge in [0.05, 0.1) is 21.4 Å². The quantitative estimate of drug-likeness (QED) is 0.653. The third-order valence-corrected chi connectivity index (χ3v) is 4.79. The fourth-order valence-corrected chi connectivity index (χ4v) is 3.48. The van der Waals surface area contributed by atoms with Crippen LogP contribution in [0.25, 0.3) is 0 Å². The molecule has 8 nitrogen and oxygen atoms in total. The van der Waals surface area contributed by atoms with Crippen molar-refractivity contribution < 1.29 is 23.2 Å². The Labute approximate surface area is 127 Å². The molecule has 0 spiro atoms. The summed E-state index contributed by atoms with van der Waals surface area (Å²) in [6, 6.07) is 3.63. The number of hydrogen-bond acceptors (Lipinski definition) is 6. The summed E-state index contributed by atoms with van der Waals surface area (Å²) in [4.78, 5) is 22.8. The van der Waals surface area contributed by atoms with Crippen molar-refractivity contribution in [2.45, 2.75) is 17.7 Å². The molecular formula is C13H16N2O6S. The lowest BCUT2D eigenvalue weighted by atomic mass is 9.98. The lowest BCUT2D eigenvalue weighted by molar-refractivity contribution is -0.385. The number of non-ortho nitro benzene ring substituents is 1. The van der Waals surface area contributed by atoms with Gasteiger partial charge in [0.1, 0.15) is 0 Å². The number of nitro benzene ring substituents is 1. The monoisotopic (exact) mass is 328 g/mol. The molecule has 1 saturated heterocycles. The van der Waals surface area contributed by atoms with E-state index in [0.717, 1.165) is 12.3 Å². The minimum absolute atomic E-state index is 0.146. The van der Waals surface area contributed by atoms with Crippen molar-refractivity contribution in [2.75, 3.05) is 24.2 Å². The zero-order valence-corrected chi connectivity index (χ0v) is 12.7. The molecule has 1 heterocycles. The second-order valence-corrected chi connectivity index (χ2v) is 7.29. The van der Waals surface area contributed by atoms with Crippen LogP contribution in [0.3, 0.4) is 0 Å². The minimum Gasteiger partial charge on any atom is -0.481 e. The maximum absolute atomic E-state index is 11.9. The van der Waals surface area contributed by atoms with Gasteiger partial charge in [-0.1, -0.05) is 0 Å². The Hall–Kier alpha value is -2.16. The first-order chi connectivity index (χ1) is 10.2. The zero-order valence-electron chi connectivity index (χ0n) is 11.9. The number of rotatable bonds is 4. The molecule has 1 aromatic carbocycles. The van der Waals surface area contributed by atoms with Crippen molar-refractivity contribution in [3.8, 4) is 0 Å². The number of carboxylic acids is 1. The Balaban J connectivity index is 2.46. The molecule has 1 aromatic rings. The zero-order chi connectivity index (χ0) is 16.5. The number of hydrogen-bond donors (Lipinski definition) is 1. The van der Waals surface area contributed by atoms with Crippen molar-refractivity contribution in [1.82, 2.24) is 0 Å². The molecule has 1 aliphatic rings. The van der Waals surface area contributed by atoms with Gasteiger partial charge in [-0.25, -0.2) is 8.42 Å². The van der Waals surface area contributed by atoms with Crippen LogP contribution in [0.1, 0.15) is 12.8 Å². The molecule has 1 aliphatic heterocycles. The smallest absolute Gasteiger partial charge is 0.308 e. The first-order valence-corrected chi connectivity index (χ1v) is 8.55. The number of piperidine rings is 1. The molecular weight excluding hydrogens is 312 g/mol. The summed E-state index contributed by atoms with van der Waals surface area (Å²) in [5.41, 5.74) is 0.00928. The molecule has 22 heavy (non-hydrogen) atoms. The van der Waals surface area contributed by atoms with E-state index in [1.165, 1.54) is 12.1 Å². The molecule has 1 atom stereocenters. The van der Waals surface area contributed by atoms with Gasteiger partial charge in [0.2, 0.25) is 0 Å². The topological polar surface area (TPSA) is 118 Å². The predicted molar refractivity (Wildman–Crippen MR) is 78.8 cm³/mol. The molecule has 0 bridgehead atoms. The number of benzene rings is 1. The van der Waals surface area contributed by atoms with E-state index in [2.05, 4.69) is 0 Å². The predicted octanol–water partition coefficient (Wildman–Crippen LogP) is 1.30. The number of carbonyl (C=O) groups is 1. The van der Waals surface area contributed by atoms with Gasteiger partial charge in [-0.05, 0) is 18.9 Å². The SMILES string of the molecule is CS(=O)(=O)c1cc([N+](=O)[O-])ccc1N1CCC[C@H](C(=O)O)C1. The summed E-state index contributed by atoms with van der Waals surface area (Å²) < 4.78 is 23.8. The van der Waals surface area contributed by atoms with E-state index in [1.807, 2.05) is 0 Å². The van der Waals surface area contributed by atoms with E-state index in [9.17, 15) is 23.3 Å². The third-order valence-electron chi connectivity index (χ3n) is 3.67. The van der Waals surface area contributed by atoms with Gasteiger partial charge in [-0.15, -0.1) is 0 Å². The molecule has 0 aromatic heterocycles.